The van der Waals surface area contributed by atoms with Gasteiger partial charge in [0.25, 0.3) is 0 Å². The second kappa shape index (κ2) is 7.87. The first-order valence-corrected chi connectivity index (χ1v) is 12.3. The van der Waals surface area contributed by atoms with Gasteiger partial charge < -0.3 is 4.90 Å². The summed E-state index contributed by atoms with van der Waals surface area (Å²) in [5.74, 6) is 0. The lowest BCUT2D eigenvalue weighted by Gasteiger charge is -2.24. The van der Waals surface area contributed by atoms with Crippen LogP contribution in [0.5, 0.6) is 0 Å². The van der Waals surface area contributed by atoms with Crippen LogP contribution in [0.3, 0.4) is 0 Å². The van der Waals surface area contributed by atoms with E-state index in [1.165, 1.54) is 4.88 Å². The van der Waals surface area contributed by atoms with E-state index in [1.807, 2.05) is 54.6 Å². The summed E-state index contributed by atoms with van der Waals surface area (Å²) in [7, 11) is -3.63. The number of hydrogen-bond donors (Lipinski definition) is 0. The molecular weight excluding hydrogens is 412 g/mol. The molecule has 0 radical (unpaired) electrons. The minimum atomic E-state index is -3.63. The van der Waals surface area contributed by atoms with Gasteiger partial charge in [-0.2, -0.15) is 4.31 Å². The van der Waals surface area contributed by atoms with Crippen LogP contribution in [0.2, 0.25) is 0 Å². The third kappa shape index (κ3) is 3.51. The Bertz CT molecular complexity index is 1280. The van der Waals surface area contributed by atoms with Gasteiger partial charge in [-0.05, 0) is 34.5 Å². The van der Waals surface area contributed by atoms with Gasteiger partial charge in [0, 0.05) is 35.6 Å². The highest BCUT2D eigenvalue weighted by Gasteiger charge is 2.30. The van der Waals surface area contributed by atoms with Crippen molar-refractivity contribution in [3.63, 3.8) is 0 Å². The second-order valence-electron chi connectivity index (χ2n) is 7.45. The predicted octanol–water partition coefficient (Wildman–Crippen LogP) is 5.11. The van der Waals surface area contributed by atoms with E-state index in [4.69, 9.17) is 0 Å². The van der Waals surface area contributed by atoms with Gasteiger partial charge in [-0.3, -0.25) is 0 Å². The third-order valence-corrected chi connectivity index (χ3v) is 8.36. The Labute approximate surface area is 181 Å². The molecule has 0 spiro atoms. The van der Waals surface area contributed by atoms with Crippen LogP contribution in [0.25, 0.3) is 10.8 Å². The number of nitrogens with zero attached hydrogens (tertiary/aromatic N) is 2. The van der Waals surface area contributed by atoms with Crippen LogP contribution in [0.1, 0.15) is 10.4 Å². The molecule has 30 heavy (non-hydrogen) atoms. The number of hydrogen-bond acceptors (Lipinski definition) is 4. The van der Waals surface area contributed by atoms with Crippen molar-refractivity contribution in [1.29, 1.82) is 0 Å². The molecule has 0 fully saturated rings. The van der Waals surface area contributed by atoms with E-state index >= 15 is 0 Å². The molecule has 5 rings (SSSR count). The molecule has 0 saturated heterocycles. The number of thiophene rings is 1. The summed E-state index contributed by atoms with van der Waals surface area (Å²) >= 11 is 1.73. The Morgan fingerprint density at radius 3 is 2.50 bits per heavy atom. The lowest BCUT2D eigenvalue weighted by molar-refractivity contribution is 0.419. The van der Waals surface area contributed by atoms with Crippen molar-refractivity contribution < 1.29 is 8.42 Å². The van der Waals surface area contributed by atoms with Crippen molar-refractivity contribution in [3.8, 4) is 0 Å². The molecule has 1 aliphatic rings. The molecule has 1 aromatic heterocycles. The SMILES string of the molecule is O=S(=O)(c1cccc2ccccc12)N1CCN(Cc2cccs2)c2ccccc2C1. The number of benzene rings is 3. The van der Waals surface area contributed by atoms with E-state index in [0.717, 1.165) is 28.6 Å². The number of fused-ring (bicyclic) bond motifs is 2. The third-order valence-electron chi connectivity index (χ3n) is 5.59. The number of anilines is 1. The molecule has 0 aliphatic carbocycles. The molecule has 4 nitrogen and oxygen atoms in total. The second-order valence-corrected chi connectivity index (χ2v) is 10.4. The molecule has 152 valence electrons. The number of sulfonamides is 1. The Kier molecular flexibility index (Phi) is 5.06. The molecule has 0 unspecified atom stereocenters. The molecule has 1 aliphatic heterocycles. The summed E-state index contributed by atoms with van der Waals surface area (Å²) in [5.41, 5.74) is 2.15. The zero-order valence-electron chi connectivity index (χ0n) is 16.4. The average Bonchev–Trinajstić information content (AvgIpc) is 3.21. The summed E-state index contributed by atoms with van der Waals surface area (Å²) in [6, 6.07) is 25.5. The average molecular weight is 435 g/mol. The topological polar surface area (TPSA) is 40.6 Å². The van der Waals surface area contributed by atoms with Crippen molar-refractivity contribution >= 4 is 37.8 Å². The highest BCUT2D eigenvalue weighted by atomic mass is 32.2. The van der Waals surface area contributed by atoms with Crippen molar-refractivity contribution in [3.05, 3.63) is 94.7 Å². The molecule has 4 aromatic rings. The van der Waals surface area contributed by atoms with E-state index in [2.05, 4.69) is 28.5 Å². The van der Waals surface area contributed by atoms with Crippen LogP contribution >= 0.6 is 11.3 Å². The summed E-state index contributed by atoms with van der Waals surface area (Å²) in [4.78, 5) is 3.94. The lowest BCUT2D eigenvalue weighted by Crippen LogP contribution is -2.35. The molecule has 0 bridgehead atoms. The summed E-state index contributed by atoms with van der Waals surface area (Å²) < 4.78 is 29.0. The Balaban J connectivity index is 1.53. The highest BCUT2D eigenvalue weighted by molar-refractivity contribution is 7.89. The van der Waals surface area contributed by atoms with E-state index < -0.39 is 10.0 Å². The van der Waals surface area contributed by atoms with E-state index in [1.54, 1.807) is 21.7 Å². The van der Waals surface area contributed by atoms with Crippen molar-refractivity contribution in [2.45, 2.75) is 18.0 Å². The van der Waals surface area contributed by atoms with E-state index in [9.17, 15) is 8.42 Å². The van der Waals surface area contributed by atoms with Crippen molar-refractivity contribution in [2.75, 3.05) is 18.0 Å². The van der Waals surface area contributed by atoms with Crippen LogP contribution in [-0.2, 0) is 23.1 Å². The standard InChI is InChI=1S/C24H22N2O2S2/c27-30(28,24-13-5-9-19-7-1-3-11-22(19)24)26-15-14-25(18-21-10-6-16-29-21)23-12-4-2-8-20(23)17-26/h1-13,16H,14-15,17-18H2. The maximum Gasteiger partial charge on any atom is 0.244 e. The zero-order chi connectivity index (χ0) is 20.6. The van der Waals surface area contributed by atoms with Gasteiger partial charge in [0.2, 0.25) is 10.0 Å². The first-order valence-electron chi connectivity index (χ1n) is 9.96. The minimum Gasteiger partial charge on any atom is -0.365 e. The smallest absolute Gasteiger partial charge is 0.244 e. The fourth-order valence-electron chi connectivity index (χ4n) is 4.09. The van der Waals surface area contributed by atoms with E-state index in [0.29, 0.717) is 24.5 Å². The van der Waals surface area contributed by atoms with Crippen molar-refractivity contribution in [2.24, 2.45) is 0 Å². The maximum absolute atomic E-state index is 13.7. The summed E-state index contributed by atoms with van der Waals surface area (Å²) in [5, 5.41) is 3.79. The van der Waals surface area contributed by atoms with Crippen LogP contribution in [-0.4, -0.2) is 25.8 Å². The van der Waals surface area contributed by atoms with Gasteiger partial charge in [-0.25, -0.2) is 8.42 Å². The Hall–Kier alpha value is -2.67. The van der Waals surface area contributed by atoms with Gasteiger partial charge in [0.1, 0.15) is 0 Å². The van der Waals surface area contributed by atoms with Crippen LogP contribution in [0.15, 0.2) is 89.1 Å². The van der Waals surface area contributed by atoms with Crippen LogP contribution in [0, 0.1) is 0 Å². The lowest BCUT2D eigenvalue weighted by atomic mass is 10.1. The van der Waals surface area contributed by atoms with Gasteiger partial charge in [-0.1, -0.05) is 60.7 Å². The largest absolute Gasteiger partial charge is 0.365 e. The fourth-order valence-corrected chi connectivity index (χ4v) is 6.44. The van der Waals surface area contributed by atoms with Gasteiger partial charge >= 0.3 is 0 Å². The number of rotatable bonds is 4. The first-order chi connectivity index (χ1) is 14.6. The molecule has 0 saturated carbocycles. The van der Waals surface area contributed by atoms with Gasteiger partial charge in [0.05, 0.1) is 11.4 Å². The van der Waals surface area contributed by atoms with Gasteiger partial charge in [-0.15, -0.1) is 11.3 Å². The normalized spacial score (nSPS) is 15.1. The van der Waals surface area contributed by atoms with Gasteiger partial charge in [0.15, 0.2) is 0 Å². The quantitative estimate of drug-likeness (QED) is 0.448. The molecular formula is C24H22N2O2S2. The molecule has 6 heteroatoms. The van der Waals surface area contributed by atoms with Crippen LogP contribution < -0.4 is 4.90 Å². The maximum atomic E-state index is 13.7. The predicted molar refractivity (Wildman–Crippen MR) is 123 cm³/mol. The molecule has 0 atom stereocenters. The molecule has 0 amide bonds. The summed E-state index contributed by atoms with van der Waals surface area (Å²) in [6.45, 7) is 2.27. The number of para-hydroxylation sites is 1. The van der Waals surface area contributed by atoms with Crippen LogP contribution in [0.4, 0.5) is 5.69 Å². The zero-order valence-corrected chi connectivity index (χ0v) is 18.1. The van der Waals surface area contributed by atoms with E-state index in [-0.39, 0.29) is 0 Å². The van der Waals surface area contributed by atoms with Crippen molar-refractivity contribution in [1.82, 2.24) is 4.31 Å². The molecule has 0 N–H and O–H groups in total. The highest BCUT2D eigenvalue weighted by Crippen LogP contribution is 2.32. The Morgan fingerprint density at radius 1 is 0.833 bits per heavy atom. The minimum absolute atomic E-state index is 0.378. The molecule has 2 heterocycles. The Morgan fingerprint density at radius 2 is 1.63 bits per heavy atom. The molecule has 3 aromatic carbocycles. The fraction of sp³-hybridized carbons (Fsp3) is 0.167. The monoisotopic (exact) mass is 434 g/mol. The summed E-state index contributed by atoms with van der Waals surface area (Å²) in [6.07, 6.45) is 0. The first kappa shape index (κ1) is 19.3.